The summed E-state index contributed by atoms with van der Waals surface area (Å²) in [6.45, 7) is 22.2. The molecule has 0 amide bonds. The van der Waals surface area contributed by atoms with E-state index in [0.29, 0.717) is 23.7 Å². The molecule has 2 rings (SSSR count). The predicted octanol–water partition coefficient (Wildman–Crippen LogP) is 7.63. The summed E-state index contributed by atoms with van der Waals surface area (Å²) < 4.78 is 0. The van der Waals surface area contributed by atoms with Gasteiger partial charge in [-0.05, 0) is 53.0 Å². The molecule has 0 spiro atoms. The van der Waals surface area contributed by atoms with Gasteiger partial charge in [0, 0.05) is 54.6 Å². The Kier molecular flexibility index (Phi) is 12.6. The molecule has 3 nitrogen and oxygen atoms in total. The van der Waals surface area contributed by atoms with Crippen LogP contribution in [0.2, 0.25) is 0 Å². The molecule has 0 saturated carbocycles. The van der Waals surface area contributed by atoms with Gasteiger partial charge >= 0.3 is 0 Å². The van der Waals surface area contributed by atoms with Gasteiger partial charge in [-0.3, -0.25) is 0 Å². The average Bonchev–Trinajstić information content (AvgIpc) is 2.73. The van der Waals surface area contributed by atoms with Crippen molar-refractivity contribution >= 4 is 11.4 Å². The quantitative estimate of drug-likeness (QED) is 0.293. The van der Waals surface area contributed by atoms with E-state index < -0.39 is 0 Å². The maximum atomic E-state index is 3.77. The molecule has 0 atom stereocenters. The molecule has 189 valence electrons. The second kappa shape index (κ2) is 14.0. The Morgan fingerprint density at radius 2 is 0.848 bits per heavy atom. The Morgan fingerprint density at radius 3 is 1.09 bits per heavy atom. The van der Waals surface area contributed by atoms with Gasteiger partial charge in [0.1, 0.15) is 0 Å². The van der Waals surface area contributed by atoms with E-state index in [9.17, 15) is 0 Å². The molecule has 2 N–H and O–H groups in total. The smallest absolute Gasteiger partial charge is 0.0410 e. The number of nitrogens with one attached hydrogen (secondary N) is 2. The van der Waals surface area contributed by atoms with Gasteiger partial charge in [0.05, 0.1) is 0 Å². The number of nitrogens with zero attached hydrogens (tertiary/aromatic N) is 1. The fraction of sp³-hybridized carbons (Fsp3) is 0.586. The molecule has 0 aliphatic rings. The van der Waals surface area contributed by atoms with Gasteiger partial charge in [-0.25, -0.2) is 0 Å². The van der Waals surface area contributed by atoms with Crippen LogP contribution in [0, 0.1) is 0 Å². The van der Waals surface area contributed by atoms with E-state index in [0.717, 1.165) is 26.2 Å². The minimum absolute atomic E-state index is 0. The molecule has 1 radical (unpaired) electrons. The molecule has 0 aromatic heterocycles. The standard InChI is InChI=1S/C29H47N3.Cu/c1-20(2)24-12-10-13-25(21(3)4)28(24)30-16-18-32(9)19-17-31-29-26(22(5)6)14-11-15-27(29)23(7)8;/h10-15,20-23,30-31H,16-19H2,1-9H3;. The zero-order valence-corrected chi connectivity index (χ0v) is 23.3. The Bertz CT molecular complexity index is 721. The van der Waals surface area contributed by atoms with Gasteiger partial charge < -0.3 is 15.5 Å². The molecular formula is C29H47CuN3. The van der Waals surface area contributed by atoms with E-state index in [-0.39, 0.29) is 17.1 Å². The molecule has 0 aliphatic heterocycles. The molecular weight excluding hydrogens is 454 g/mol. The van der Waals surface area contributed by atoms with E-state index >= 15 is 0 Å². The summed E-state index contributed by atoms with van der Waals surface area (Å²) in [7, 11) is 2.22. The summed E-state index contributed by atoms with van der Waals surface area (Å²) in [5, 5.41) is 7.54. The van der Waals surface area contributed by atoms with Crippen molar-refractivity contribution in [2.24, 2.45) is 0 Å². The second-order valence-electron chi connectivity index (χ2n) is 10.4. The number of hydrogen-bond donors (Lipinski definition) is 2. The van der Waals surface area contributed by atoms with Crippen LogP contribution in [0.4, 0.5) is 11.4 Å². The monoisotopic (exact) mass is 500 g/mol. The van der Waals surface area contributed by atoms with Gasteiger partial charge in [0.2, 0.25) is 0 Å². The van der Waals surface area contributed by atoms with Crippen LogP contribution < -0.4 is 10.6 Å². The molecule has 2 aromatic carbocycles. The first-order valence-corrected chi connectivity index (χ1v) is 12.5. The van der Waals surface area contributed by atoms with Crippen LogP contribution in [0.5, 0.6) is 0 Å². The van der Waals surface area contributed by atoms with E-state index in [1.165, 1.54) is 33.6 Å². The minimum Gasteiger partial charge on any atom is -0.383 e. The average molecular weight is 501 g/mol. The Morgan fingerprint density at radius 1 is 0.576 bits per heavy atom. The number of likely N-dealkylation sites (N-methyl/N-ethyl adjacent to an activating group) is 1. The first-order chi connectivity index (χ1) is 15.1. The zero-order chi connectivity index (χ0) is 23.8. The van der Waals surface area contributed by atoms with Crippen molar-refractivity contribution in [1.82, 2.24) is 4.90 Å². The number of rotatable bonds is 12. The first-order valence-electron chi connectivity index (χ1n) is 12.5. The number of benzene rings is 2. The van der Waals surface area contributed by atoms with Gasteiger partial charge in [0.15, 0.2) is 0 Å². The van der Waals surface area contributed by atoms with Crippen molar-refractivity contribution in [2.75, 3.05) is 43.9 Å². The fourth-order valence-electron chi connectivity index (χ4n) is 4.37. The van der Waals surface area contributed by atoms with Crippen LogP contribution >= 0.6 is 0 Å². The maximum absolute atomic E-state index is 3.77. The van der Waals surface area contributed by atoms with Gasteiger partial charge in [-0.2, -0.15) is 0 Å². The Labute approximate surface area is 214 Å². The largest absolute Gasteiger partial charge is 0.383 e. The zero-order valence-electron chi connectivity index (χ0n) is 22.4. The van der Waals surface area contributed by atoms with Gasteiger partial charge in [-0.1, -0.05) is 91.8 Å². The van der Waals surface area contributed by atoms with E-state index in [2.05, 4.69) is 114 Å². The molecule has 0 aliphatic carbocycles. The summed E-state index contributed by atoms with van der Waals surface area (Å²) >= 11 is 0. The molecule has 0 heterocycles. The third-order valence-corrected chi connectivity index (χ3v) is 6.34. The van der Waals surface area contributed by atoms with Crippen LogP contribution in [0.15, 0.2) is 36.4 Å². The van der Waals surface area contributed by atoms with Crippen molar-refractivity contribution in [3.05, 3.63) is 58.7 Å². The van der Waals surface area contributed by atoms with Crippen LogP contribution in [-0.4, -0.2) is 38.1 Å². The number of anilines is 2. The van der Waals surface area contributed by atoms with Crippen molar-refractivity contribution < 1.29 is 17.1 Å². The van der Waals surface area contributed by atoms with Crippen LogP contribution in [0.25, 0.3) is 0 Å². The van der Waals surface area contributed by atoms with Crippen molar-refractivity contribution in [3.8, 4) is 0 Å². The summed E-state index contributed by atoms with van der Waals surface area (Å²) in [6, 6.07) is 13.5. The second-order valence-corrected chi connectivity index (χ2v) is 10.4. The fourth-order valence-corrected chi connectivity index (χ4v) is 4.37. The topological polar surface area (TPSA) is 27.3 Å². The van der Waals surface area contributed by atoms with E-state index in [1.807, 2.05) is 0 Å². The van der Waals surface area contributed by atoms with E-state index in [4.69, 9.17) is 0 Å². The predicted molar refractivity (Wildman–Crippen MR) is 144 cm³/mol. The molecule has 33 heavy (non-hydrogen) atoms. The molecule has 0 saturated heterocycles. The van der Waals surface area contributed by atoms with Gasteiger partial charge in [-0.15, -0.1) is 0 Å². The van der Waals surface area contributed by atoms with Crippen LogP contribution in [-0.2, 0) is 17.1 Å². The number of hydrogen-bond acceptors (Lipinski definition) is 3. The summed E-state index contributed by atoms with van der Waals surface area (Å²) in [6.07, 6.45) is 0. The Hall–Kier alpha value is -1.48. The Balaban J connectivity index is 0.00000544. The molecule has 4 heteroatoms. The maximum Gasteiger partial charge on any atom is 0.0410 e. The summed E-state index contributed by atoms with van der Waals surface area (Å²) in [4.78, 5) is 2.42. The molecule has 0 bridgehead atoms. The van der Waals surface area contributed by atoms with E-state index in [1.54, 1.807) is 0 Å². The number of para-hydroxylation sites is 2. The third kappa shape index (κ3) is 8.35. The third-order valence-electron chi connectivity index (χ3n) is 6.34. The summed E-state index contributed by atoms with van der Waals surface area (Å²) in [5.74, 6) is 2.09. The van der Waals surface area contributed by atoms with Gasteiger partial charge in [0.25, 0.3) is 0 Å². The minimum atomic E-state index is 0. The molecule has 0 unspecified atom stereocenters. The normalized spacial score (nSPS) is 11.6. The molecule has 2 aromatic rings. The van der Waals surface area contributed by atoms with Crippen molar-refractivity contribution in [1.29, 1.82) is 0 Å². The first kappa shape index (κ1) is 29.6. The van der Waals surface area contributed by atoms with Crippen molar-refractivity contribution in [3.63, 3.8) is 0 Å². The van der Waals surface area contributed by atoms with Crippen molar-refractivity contribution in [2.45, 2.75) is 79.1 Å². The van der Waals surface area contributed by atoms with Crippen LogP contribution in [0.3, 0.4) is 0 Å². The SMILES string of the molecule is CC(C)c1cccc(C(C)C)c1NCCN(C)CCNc1c(C(C)C)cccc1C(C)C.[Cu]. The summed E-state index contributed by atoms with van der Waals surface area (Å²) in [5.41, 5.74) is 8.38. The van der Waals surface area contributed by atoms with Crippen LogP contribution in [0.1, 0.15) is 101 Å². The molecule has 0 fully saturated rings.